The van der Waals surface area contributed by atoms with Crippen LogP contribution in [0.1, 0.15) is 37.3 Å². The minimum atomic E-state index is -0.548. The summed E-state index contributed by atoms with van der Waals surface area (Å²) in [6.07, 6.45) is 0.785. The first-order valence-corrected chi connectivity index (χ1v) is 9.10. The largest absolute Gasteiger partial charge is 0.455 e. The summed E-state index contributed by atoms with van der Waals surface area (Å²) in [4.78, 5) is 35.2. The molecule has 0 aliphatic carbocycles. The number of non-ortho nitro benzene ring substituents is 1. The molecule has 0 saturated carbocycles. The lowest BCUT2D eigenvalue weighted by molar-refractivity contribution is -0.384. The van der Waals surface area contributed by atoms with E-state index in [2.05, 4.69) is 5.32 Å². The number of anilines is 1. The van der Waals surface area contributed by atoms with Crippen molar-refractivity contribution in [1.82, 2.24) is 0 Å². The zero-order chi connectivity index (χ0) is 20.7. The third kappa shape index (κ3) is 5.39. The number of hydrogen-bond donors (Lipinski definition) is 1. The molecule has 2 rings (SSSR count). The summed E-state index contributed by atoms with van der Waals surface area (Å²) in [6.45, 7) is 5.22. The van der Waals surface area contributed by atoms with Gasteiger partial charge in [-0.3, -0.25) is 19.7 Å². The Hall–Kier alpha value is -3.22. The number of nitrogens with one attached hydrogen (secondary N) is 1. The summed E-state index contributed by atoms with van der Waals surface area (Å²) >= 11 is 0. The topological polar surface area (TPSA) is 98.5 Å². The number of nitro groups is 1. The molecule has 2 aromatic rings. The Morgan fingerprint density at radius 1 is 1.18 bits per heavy atom. The Labute approximate surface area is 163 Å². The predicted molar refractivity (Wildman–Crippen MR) is 106 cm³/mol. The smallest absolute Gasteiger partial charge is 0.314 e. The Morgan fingerprint density at radius 3 is 2.46 bits per heavy atom. The van der Waals surface area contributed by atoms with Gasteiger partial charge in [0.15, 0.2) is 6.61 Å². The van der Waals surface area contributed by atoms with E-state index in [0.717, 1.165) is 12.0 Å². The van der Waals surface area contributed by atoms with Crippen molar-refractivity contribution in [2.75, 3.05) is 11.9 Å². The van der Waals surface area contributed by atoms with Gasteiger partial charge in [0.25, 0.3) is 11.6 Å². The van der Waals surface area contributed by atoms with Gasteiger partial charge in [0, 0.05) is 12.1 Å². The number of ether oxygens (including phenoxy) is 1. The van der Waals surface area contributed by atoms with Crippen LogP contribution in [0.25, 0.3) is 0 Å². The van der Waals surface area contributed by atoms with E-state index in [0.29, 0.717) is 11.3 Å². The molecule has 0 bridgehead atoms. The average Bonchev–Trinajstić information content (AvgIpc) is 2.68. The number of carbonyl (C=O) groups excluding carboxylic acids is 2. The van der Waals surface area contributed by atoms with E-state index >= 15 is 0 Å². The molecule has 2 aromatic carbocycles. The molecule has 0 heterocycles. The van der Waals surface area contributed by atoms with Crippen LogP contribution in [0.5, 0.6) is 0 Å². The number of aryl methyl sites for hydroxylation is 1. The molecule has 28 heavy (non-hydrogen) atoms. The standard InChI is InChI=1S/C21H24N2O5/c1-4-14(2)20(16-8-6-5-7-9-16)21(25)28-13-19(24)22-18-12-17(23(26)27)11-10-15(18)3/h5-12,14,20H,4,13H2,1-3H3,(H,22,24)/t14-,20+/m0/s1. The molecular weight excluding hydrogens is 360 g/mol. The number of benzene rings is 2. The molecule has 0 fully saturated rings. The highest BCUT2D eigenvalue weighted by Gasteiger charge is 2.27. The molecule has 0 saturated heterocycles. The van der Waals surface area contributed by atoms with Gasteiger partial charge in [0.1, 0.15) is 0 Å². The third-order valence-electron chi connectivity index (χ3n) is 4.68. The zero-order valence-electron chi connectivity index (χ0n) is 16.2. The van der Waals surface area contributed by atoms with Crippen molar-refractivity contribution in [3.63, 3.8) is 0 Å². The van der Waals surface area contributed by atoms with Crippen molar-refractivity contribution in [1.29, 1.82) is 0 Å². The van der Waals surface area contributed by atoms with Gasteiger partial charge in [-0.15, -0.1) is 0 Å². The number of nitro benzene ring substituents is 1. The number of carbonyl (C=O) groups is 2. The third-order valence-corrected chi connectivity index (χ3v) is 4.68. The highest BCUT2D eigenvalue weighted by Crippen LogP contribution is 2.28. The fraction of sp³-hybridized carbons (Fsp3) is 0.333. The molecule has 0 aliphatic rings. The van der Waals surface area contributed by atoms with Crippen LogP contribution in [0, 0.1) is 23.0 Å². The molecule has 0 aromatic heterocycles. The van der Waals surface area contributed by atoms with Gasteiger partial charge in [0.2, 0.25) is 0 Å². The van der Waals surface area contributed by atoms with Gasteiger partial charge in [-0.2, -0.15) is 0 Å². The molecular formula is C21H24N2O5. The minimum Gasteiger partial charge on any atom is -0.455 e. The Balaban J connectivity index is 2.04. The van der Waals surface area contributed by atoms with E-state index in [1.807, 2.05) is 44.2 Å². The van der Waals surface area contributed by atoms with Gasteiger partial charge < -0.3 is 10.1 Å². The van der Waals surface area contributed by atoms with Crippen molar-refractivity contribution in [2.24, 2.45) is 5.92 Å². The van der Waals surface area contributed by atoms with Crippen LogP contribution in [0.2, 0.25) is 0 Å². The second-order valence-electron chi connectivity index (χ2n) is 6.69. The summed E-state index contributed by atoms with van der Waals surface area (Å²) < 4.78 is 5.25. The maximum atomic E-state index is 12.6. The first-order valence-electron chi connectivity index (χ1n) is 9.10. The SMILES string of the molecule is CC[C@H](C)[C@@H](C(=O)OCC(=O)Nc1cc([N+](=O)[O-])ccc1C)c1ccccc1. The Morgan fingerprint density at radius 2 is 1.86 bits per heavy atom. The highest BCUT2D eigenvalue weighted by molar-refractivity contribution is 5.94. The number of amides is 1. The second-order valence-corrected chi connectivity index (χ2v) is 6.69. The van der Waals surface area contributed by atoms with E-state index in [9.17, 15) is 19.7 Å². The first kappa shape index (κ1) is 21.1. The minimum absolute atomic E-state index is 0.0528. The Kier molecular flexibility index (Phi) is 7.26. The molecule has 2 atom stereocenters. The predicted octanol–water partition coefficient (Wildman–Crippen LogP) is 4.21. The van der Waals surface area contributed by atoms with E-state index in [1.54, 1.807) is 13.0 Å². The molecule has 0 spiro atoms. The van der Waals surface area contributed by atoms with Crippen molar-refractivity contribution in [2.45, 2.75) is 33.1 Å². The van der Waals surface area contributed by atoms with Gasteiger partial charge in [-0.25, -0.2) is 0 Å². The molecule has 7 nitrogen and oxygen atoms in total. The maximum absolute atomic E-state index is 12.6. The van der Waals surface area contributed by atoms with Crippen molar-refractivity contribution < 1.29 is 19.2 Å². The summed E-state index contributed by atoms with van der Waals surface area (Å²) in [6, 6.07) is 13.5. The van der Waals surface area contributed by atoms with Gasteiger partial charge in [-0.05, 0) is 24.0 Å². The molecule has 0 aliphatic heterocycles. The van der Waals surface area contributed by atoms with Crippen LogP contribution in [0.3, 0.4) is 0 Å². The molecule has 148 valence electrons. The number of nitrogens with zero attached hydrogens (tertiary/aromatic N) is 1. The summed E-state index contributed by atoms with van der Waals surface area (Å²) in [5, 5.41) is 13.5. The quantitative estimate of drug-likeness (QED) is 0.417. The van der Waals surface area contributed by atoms with Crippen molar-refractivity contribution in [3.8, 4) is 0 Å². The van der Waals surface area contributed by atoms with Crippen LogP contribution in [0.15, 0.2) is 48.5 Å². The lowest BCUT2D eigenvalue weighted by atomic mass is 9.86. The number of hydrogen-bond acceptors (Lipinski definition) is 5. The normalized spacial score (nSPS) is 12.7. The number of esters is 1. The highest BCUT2D eigenvalue weighted by atomic mass is 16.6. The van der Waals surface area contributed by atoms with Gasteiger partial charge in [0.05, 0.1) is 16.5 Å². The van der Waals surface area contributed by atoms with Crippen LogP contribution >= 0.6 is 0 Å². The number of rotatable bonds is 8. The first-order chi connectivity index (χ1) is 13.3. The molecule has 1 N–H and O–H groups in total. The monoisotopic (exact) mass is 384 g/mol. The zero-order valence-corrected chi connectivity index (χ0v) is 16.2. The van der Waals surface area contributed by atoms with E-state index in [4.69, 9.17) is 4.74 Å². The van der Waals surface area contributed by atoms with Crippen LogP contribution < -0.4 is 5.32 Å². The summed E-state index contributed by atoms with van der Waals surface area (Å²) in [5.74, 6) is -1.42. The maximum Gasteiger partial charge on any atom is 0.314 e. The van der Waals surface area contributed by atoms with Crippen LogP contribution in [0.4, 0.5) is 11.4 Å². The van der Waals surface area contributed by atoms with Crippen molar-refractivity contribution in [3.05, 3.63) is 69.8 Å². The van der Waals surface area contributed by atoms with E-state index in [-0.39, 0.29) is 11.6 Å². The van der Waals surface area contributed by atoms with Crippen LogP contribution in [-0.2, 0) is 14.3 Å². The Bertz CT molecular complexity index is 851. The lowest BCUT2D eigenvalue weighted by Gasteiger charge is -2.21. The molecule has 0 unspecified atom stereocenters. The lowest BCUT2D eigenvalue weighted by Crippen LogP contribution is -2.27. The van der Waals surface area contributed by atoms with Gasteiger partial charge >= 0.3 is 5.97 Å². The summed E-state index contributed by atoms with van der Waals surface area (Å²) in [7, 11) is 0. The average molecular weight is 384 g/mol. The fourth-order valence-electron chi connectivity index (χ4n) is 2.86. The van der Waals surface area contributed by atoms with E-state index in [1.165, 1.54) is 12.1 Å². The molecule has 1 amide bonds. The van der Waals surface area contributed by atoms with Gasteiger partial charge in [-0.1, -0.05) is 56.7 Å². The second kappa shape index (κ2) is 9.64. The molecule has 7 heteroatoms. The van der Waals surface area contributed by atoms with Crippen molar-refractivity contribution >= 4 is 23.3 Å². The van der Waals surface area contributed by atoms with Crippen LogP contribution in [-0.4, -0.2) is 23.4 Å². The summed E-state index contributed by atoms with van der Waals surface area (Å²) in [5.41, 5.74) is 1.71. The fourth-order valence-corrected chi connectivity index (χ4v) is 2.86. The van der Waals surface area contributed by atoms with E-state index < -0.39 is 29.3 Å². The molecule has 0 radical (unpaired) electrons.